The fraction of sp³-hybridized carbons (Fsp3) is 0.111. The number of pyridine rings is 1. The van der Waals surface area contributed by atoms with Gasteiger partial charge >= 0.3 is 6.18 Å². The van der Waals surface area contributed by atoms with Crippen LogP contribution in [0.25, 0.3) is 33.5 Å². The van der Waals surface area contributed by atoms with E-state index in [2.05, 4.69) is 25.6 Å². The largest absolute Gasteiger partial charge is 0.416 e. The molecule has 2 heterocycles. The lowest BCUT2D eigenvalue weighted by Gasteiger charge is -2.10. The van der Waals surface area contributed by atoms with Gasteiger partial charge in [0, 0.05) is 16.5 Å². The van der Waals surface area contributed by atoms with E-state index >= 15 is 0 Å². The third-order valence-corrected chi connectivity index (χ3v) is 4.14. The van der Waals surface area contributed by atoms with Gasteiger partial charge in [-0.05, 0) is 47.2 Å². The van der Waals surface area contributed by atoms with Crippen LogP contribution in [-0.2, 0) is 6.18 Å². The summed E-state index contributed by atoms with van der Waals surface area (Å²) in [6.45, 7) is 1.94. The molecule has 0 unspecified atom stereocenters. The van der Waals surface area contributed by atoms with Crippen LogP contribution in [0.3, 0.4) is 0 Å². The van der Waals surface area contributed by atoms with E-state index in [0.29, 0.717) is 22.6 Å². The smallest absolute Gasteiger partial charge is 0.248 e. The number of hydrogen-bond donors (Lipinski definition) is 1. The first-order chi connectivity index (χ1) is 12.4. The van der Waals surface area contributed by atoms with E-state index in [0.717, 1.165) is 28.6 Å². The van der Waals surface area contributed by atoms with Crippen LogP contribution in [0.4, 0.5) is 13.2 Å². The number of aromatic amines is 1. The van der Waals surface area contributed by atoms with E-state index in [1.165, 1.54) is 12.1 Å². The number of H-pyrrole nitrogens is 1. The quantitative estimate of drug-likeness (QED) is 0.578. The Morgan fingerprint density at radius 2 is 1.65 bits per heavy atom. The van der Waals surface area contributed by atoms with Crippen LogP contribution >= 0.6 is 0 Å². The maximum atomic E-state index is 12.7. The first kappa shape index (κ1) is 16.2. The third kappa shape index (κ3) is 2.90. The molecule has 8 heteroatoms. The number of halogens is 3. The highest BCUT2D eigenvalue weighted by Gasteiger charge is 2.30. The predicted octanol–water partition coefficient (Wildman–Crippen LogP) is 4.41. The minimum Gasteiger partial charge on any atom is -0.248 e. The molecule has 5 nitrogen and oxygen atoms in total. The Morgan fingerprint density at radius 1 is 0.923 bits per heavy atom. The Labute approximate surface area is 145 Å². The Balaban J connectivity index is 1.80. The first-order valence-corrected chi connectivity index (χ1v) is 7.75. The Hall–Kier alpha value is -3.29. The number of benzene rings is 2. The van der Waals surface area contributed by atoms with Crippen LogP contribution in [0, 0.1) is 6.92 Å². The van der Waals surface area contributed by atoms with E-state index in [9.17, 15) is 13.2 Å². The van der Waals surface area contributed by atoms with Crippen LogP contribution in [0.5, 0.6) is 0 Å². The van der Waals surface area contributed by atoms with Crippen molar-refractivity contribution in [2.45, 2.75) is 13.1 Å². The van der Waals surface area contributed by atoms with Crippen molar-refractivity contribution in [2.24, 2.45) is 0 Å². The number of tetrazole rings is 1. The summed E-state index contributed by atoms with van der Waals surface area (Å²) < 4.78 is 38.2. The van der Waals surface area contributed by atoms with Crippen LogP contribution in [-0.4, -0.2) is 25.6 Å². The number of alkyl halides is 3. The average molecular weight is 355 g/mol. The van der Waals surface area contributed by atoms with E-state index < -0.39 is 11.7 Å². The fourth-order valence-corrected chi connectivity index (χ4v) is 2.81. The number of nitrogens with one attached hydrogen (secondary N) is 1. The molecule has 2 aromatic heterocycles. The van der Waals surface area contributed by atoms with Crippen molar-refractivity contribution in [1.29, 1.82) is 0 Å². The van der Waals surface area contributed by atoms with Crippen LogP contribution in [0.2, 0.25) is 0 Å². The van der Waals surface area contributed by atoms with Crippen molar-refractivity contribution < 1.29 is 13.2 Å². The normalized spacial score (nSPS) is 11.8. The summed E-state index contributed by atoms with van der Waals surface area (Å²) in [5.74, 6) is 0.520. The first-order valence-electron chi connectivity index (χ1n) is 7.75. The molecule has 0 aliphatic heterocycles. The van der Waals surface area contributed by atoms with Crippen LogP contribution in [0.1, 0.15) is 11.1 Å². The molecule has 26 heavy (non-hydrogen) atoms. The zero-order valence-electron chi connectivity index (χ0n) is 13.5. The van der Waals surface area contributed by atoms with Gasteiger partial charge in [0.2, 0.25) is 0 Å². The molecule has 4 rings (SSSR count). The SMILES string of the molecule is Cc1cc(-c2ccc(C(F)(F)F)cc2)nc2cc(-c3nnn[nH]3)ccc12. The molecule has 2 aromatic carbocycles. The van der Waals surface area contributed by atoms with Gasteiger partial charge in [-0.2, -0.15) is 13.2 Å². The number of aryl methyl sites for hydroxylation is 1. The number of nitrogens with zero attached hydrogens (tertiary/aromatic N) is 4. The summed E-state index contributed by atoms with van der Waals surface area (Å²) in [5.41, 5.74) is 3.02. The van der Waals surface area contributed by atoms with Crippen molar-refractivity contribution in [3.05, 3.63) is 59.7 Å². The maximum absolute atomic E-state index is 12.7. The average Bonchev–Trinajstić information content (AvgIpc) is 3.15. The molecule has 0 aliphatic carbocycles. The van der Waals surface area contributed by atoms with Crippen LogP contribution < -0.4 is 0 Å². The highest BCUT2D eigenvalue weighted by molar-refractivity contribution is 5.88. The zero-order chi connectivity index (χ0) is 18.3. The van der Waals surface area contributed by atoms with Gasteiger partial charge in [0.15, 0.2) is 5.82 Å². The number of fused-ring (bicyclic) bond motifs is 1. The summed E-state index contributed by atoms with van der Waals surface area (Å²) in [4.78, 5) is 4.60. The van der Waals surface area contributed by atoms with Gasteiger partial charge in [0.1, 0.15) is 0 Å². The van der Waals surface area contributed by atoms with Crippen molar-refractivity contribution in [3.8, 4) is 22.6 Å². The second-order valence-corrected chi connectivity index (χ2v) is 5.88. The van der Waals surface area contributed by atoms with Gasteiger partial charge < -0.3 is 0 Å². The Kier molecular flexibility index (Phi) is 3.68. The molecule has 0 aliphatic rings. The molecule has 130 valence electrons. The fourth-order valence-electron chi connectivity index (χ4n) is 2.81. The minimum atomic E-state index is -4.36. The second kappa shape index (κ2) is 5.91. The van der Waals surface area contributed by atoms with Crippen molar-refractivity contribution in [3.63, 3.8) is 0 Å². The molecule has 0 atom stereocenters. The lowest BCUT2D eigenvalue weighted by atomic mass is 10.0. The summed E-state index contributed by atoms with van der Waals surface area (Å²) >= 11 is 0. The molecule has 0 bridgehead atoms. The molecule has 0 saturated carbocycles. The third-order valence-electron chi connectivity index (χ3n) is 4.14. The molecule has 0 radical (unpaired) electrons. The van der Waals surface area contributed by atoms with Crippen molar-refractivity contribution in [1.82, 2.24) is 25.6 Å². The summed E-state index contributed by atoms with van der Waals surface area (Å²) in [5, 5.41) is 14.6. The topological polar surface area (TPSA) is 67.3 Å². The van der Waals surface area contributed by atoms with Gasteiger partial charge in [-0.3, -0.25) is 0 Å². The summed E-state index contributed by atoms with van der Waals surface area (Å²) in [6.07, 6.45) is -4.36. The standard InChI is InChI=1S/C18H12F3N5/c1-10-8-15(11-2-5-13(6-3-11)18(19,20)21)22-16-9-12(4-7-14(10)16)17-23-25-26-24-17/h2-9H,1H3,(H,23,24,25,26). The van der Waals surface area contributed by atoms with E-state index in [-0.39, 0.29) is 0 Å². The van der Waals surface area contributed by atoms with E-state index in [1.54, 1.807) is 0 Å². The van der Waals surface area contributed by atoms with E-state index in [4.69, 9.17) is 0 Å². The van der Waals surface area contributed by atoms with Gasteiger partial charge in [-0.25, -0.2) is 10.1 Å². The molecular weight excluding hydrogens is 343 g/mol. The Morgan fingerprint density at radius 3 is 2.31 bits per heavy atom. The number of aromatic nitrogens is 5. The van der Waals surface area contributed by atoms with Crippen LogP contribution in [0.15, 0.2) is 48.5 Å². The van der Waals surface area contributed by atoms with Gasteiger partial charge in [0.25, 0.3) is 0 Å². The van der Waals surface area contributed by atoms with Gasteiger partial charge in [0.05, 0.1) is 16.8 Å². The van der Waals surface area contributed by atoms with Crippen molar-refractivity contribution >= 4 is 10.9 Å². The zero-order valence-corrected chi connectivity index (χ0v) is 13.5. The summed E-state index contributed by atoms with van der Waals surface area (Å²) in [7, 11) is 0. The molecule has 4 aromatic rings. The Bertz CT molecular complexity index is 1070. The lowest BCUT2D eigenvalue weighted by molar-refractivity contribution is -0.137. The number of hydrogen-bond acceptors (Lipinski definition) is 4. The lowest BCUT2D eigenvalue weighted by Crippen LogP contribution is -2.04. The molecule has 0 spiro atoms. The number of rotatable bonds is 2. The highest BCUT2D eigenvalue weighted by atomic mass is 19.4. The van der Waals surface area contributed by atoms with Gasteiger partial charge in [-0.1, -0.05) is 24.3 Å². The molecule has 0 amide bonds. The minimum absolute atomic E-state index is 0.520. The van der Waals surface area contributed by atoms with E-state index in [1.807, 2.05) is 31.2 Å². The summed E-state index contributed by atoms with van der Waals surface area (Å²) in [6, 6.07) is 12.5. The molecule has 1 N–H and O–H groups in total. The van der Waals surface area contributed by atoms with Crippen molar-refractivity contribution in [2.75, 3.05) is 0 Å². The predicted molar refractivity (Wildman–Crippen MR) is 90.1 cm³/mol. The molecule has 0 fully saturated rings. The monoisotopic (exact) mass is 355 g/mol. The molecular formula is C18H12F3N5. The second-order valence-electron chi connectivity index (χ2n) is 5.88. The van der Waals surface area contributed by atoms with Gasteiger partial charge in [-0.15, -0.1) is 5.10 Å². The maximum Gasteiger partial charge on any atom is 0.416 e. The molecule has 0 saturated heterocycles. The highest BCUT2D eigenvalue weighted by Crippen LogP contribution is 2.32.